The molecule has 0 aliphatic rings. The number of halogens is 1. The number of hydrogen-bond acceptors (Lipinski definition) is 4. The lowest BCUT2D eigenvalue weighted by molar-refractivity contribution is 0.0946. The zero-order valence-corrected chi connectivity index (χ0v) is 15.1. The van der Waals surface area contributed by atoms with Gasteiger partial charge in [-0.25, -0.2) is 9.97 Å². The number of anilines is 1. The molecule has 6 heteroatoms. The lowest BCUT2D eigenvalue weighted by Crippen LogP contribution is -2.25. The molecule has 0 fully saturated rings. The van der Waals surface area contributed by atoms with Crippen LogP contribution in [0.25, 0.3) is 0 Å². The Morgan fingerprint density at radius 1 is 1.08 bits per heavy atom. The second-order valence-corrected chi connectivity index (χ2v) is 6.28. The van der Waals surface area contributed by atoms with Gasteiger partial charge in [-0.15, -0.1) is 0 Å². The molecule has 0 saturated heterocycles. The van der Waals surface area contributed by atoms with Crippen LogP contribution in [0.1, 0.15) is 21.6 Å². The molecule has 1 amide bonds. The van der Waals surface area contributed by atoms with E-state index in [0.717, 1.165) is 5.56 Å². The maximum Gasteiger partial charge on any atom is 0.270 e. The normalized spacial score (nSPS) is 10.4. The largest absolute Gasteiger partial charge is 0.355 e. The summed E-state index contributed by atoms with van der Waals surface area (Å²) in [6.45, 7) is 1.04. The Balaban J connectivity index is 1.66. The fraction of sp³-hybridized carbons (Fsp3) is 0.150. The maximum atomic E-state index is 12.4. The van der Waals surface area contributed by atoms with Crippen molar-refractivity contribution in [2.45, 2.75) is 13.1 Å². The van der Waals surface area contributed by atoms with Gasteiger partial charge in [0.1, 0.15) is 17.8 Å². The first-order valence-corrected chi connectivity index (χ1v) is 8.60. The number of aromatic nitrogens is 2. The van der Waals surface area contributed by atoms with E-state index in [1.54, 1.807) is 12.1 Å². The van der Waals surface area contributed by atoms with Crippen molar-refractivity contribution in [3.63, 3.8) is 0 Å². The van der Waals surface area contributed by atoms with Crippen LogP contribution in [0.3, 0.4) is 0 Å². The highest BCUT2D eigenvalue weighted by molar-refractivity contribution is 6.31. The van der Waals surface area contributed by atoms with Crippen molar-refractivity contribution in [3.05, 3.63) is 88.8 Å². The Morgan fingerprint density at radius 2 is 1.81 bits per heavy atom. The topological polar surface area (TPSA) is 58.1 Å². The summed E-state index contributed by atoms with van der Waals surface area (Å²) in [4.78, 5) is 22.7. The summed E-state index contributed by atoms with van der Waals surface area (Å²) in [7, 11) is 1.93. The third-order valence-electron chi connectivity index (χ3n) is 3.94. The molecular weight excluding hydrogens is 348 g/mol. The quantitative estimate of drug-likeness (QED) is 0.722. The van der Waals surface area contributed by atoms with E-state index in [-0.39, 0.29) is 5.91 Å². The summed E-state index contributed by atoms with van der Waals surface area (Å²) >= 11 is 6.11. The van der Waals surface area contributed by atoms with E-state index in [9.17, 15) is 4.79 Å². The van der Waals surface area contributed by atoms with Crippen molar-refractivity contribution in [1.82, 2.24) is 15.3 Å². The van der Waals surface area contributed by atoms with Crippen LogP contribution in [0, 0.1) is 0 Å². The van der Waals surface area contributed by atoms with Crippen molar-refractivity contribution in [2.75, 3.05) is 11.9 Å². The standard InChI is InChI=1S/C20H19ClN4O/c1-25(13-15-7-3-2-4-8-15)19-11-18(23-14-24-19)20(26)22-12-16-9-5-6-10-17(16)21/h2-11,14H,12-13H2,1H3,(H,22,26). The number of amides is 1. The maximum absolute atomic E-state index is 12.4. The molecule has 1 aromatic heterocycles. The van der Waals surface area contributed by atoms with E-state index in [0.29, 0.717) is 29.6 Å². The van der Waals surface area contributed by atoms with E-state index in [2.05, 4.69) is 27.4 Å². The van der Waals surface area contributed by atoms with Gasteiger partial charge in [-0.2, -0.15) is 0 Å². The molecule has 3 aromatic rings. The first kappa shape index (κ1) is 17.9. The summed E-state index contributed by atoms with van der Waals surface area (Å²) in [6.07, 6.45) is 1.40. The summed E-state index contributed by atoms with van der Waals surface area (Å²) in [5.74, 6) is 0.424. The van der Waals surface area contributed by atoms with Gasteiger partial charge in [-0.05, 0) is 17.2 Å². The number of benzene rings is 2. The van der Waals surface area contributed by atoms with Crippen molar-refractivity contribution < 1.29 is 4.79 Å². The molecule has 0 aliphatic heterocycles. The van der Waals surface area contributed by atoms with Gasteiger partial charge in [-0.1, -0.05) is 60.1 Å². The zero-order chi connectivity index (χ0) is 18.4. The Bertz CT molecular complexity index is 886. The molecule has 3 rings (SSSR count). The van der Waals surface area contributed by atoms with Crippen molar-refractivity contribution >= 4 is 23.3 Å². The molecule has 5 nitrogen and oxygen atoms in total. The fourth-order valence-corrected chi connectivity index (χ4v) is 2.73. The summed E-state index contributed by atoms with van der Waals surface area (Å²) < 4.78 is 0. The van der Waals surface area contributed by atoms with Crippen LogP contribution in [0.2, 0.25) is 5.02 Å². The molecule has 132 valence electrons. The Kier molecular flexibility index (Phi) is 5.81. The number of carbonyl (C=O) groups excluding carboxylic acids is 1. The average molecular weight is 367 g/mol. The number of nitrogens with zero attached hydrogens (tertiary/aromatic N) is 3. The van der Waals surface area contributed by atoms with Crippen LogP contribution in [-0.4, -0.2) is 22.9 Å². The number of carbonyl (C=O) groups is 1. The first-order valence-electron chi connectivity index (χ1n) is 8.22. The van der Waals surface area contributed by atoms with Crippen LogP contribution in [-0.2, 0) is 13.1 Å². The van der Waals surface area contributed by atoms with Gasteiger partial charge in [-0.3, -0.25) is 4.79 Å². The second-order valence-electron chi connectivity index (χ2n) is 5.88. The highest BCUT2D eigenvalue weighted by Gasteiger charge is 2.11. The molecule has 2 aromatic carbocycles. The van der Waals surface area contributed by atoms with Crippen molar-refractivity contribution in [1.29, 1.82) is 0 Å². The molecule has 0 bridgehead atoms. The van der Waals surface area contributed by atoms with Gasteiger partial charge in [0, 0.05) is 31.2 Å². The van der Waals surface area contributed by atoms with Gasteiger partial charge in [0.15, 0.2) is 0 Å². The molecule has 0 atom stereocenters. The summed E-state index contributed by atoms with van der Waals surface area (Å²) in [5, 5.41) is 3.46. The Labute approximate surface area is 157 Å². The van der Waals surface area contributed by atoms with Gasteiger partial charge < -0.3 is 10.2 Å². The SMILES string of the molecule is CN(Cc1ccccc1)c1cc(C(=O)NCc2ccccc2Cl)ncn1. The van der Waals surface area contributed by atoms with E-state index < -0.39 is 0 Å². The fourth-order valence-electron chi connectivity index (χ4n) is 2.53. The molecule has 0 unspecified atom stereocenters. The van der Waals surface area contributed by atoms with Crippen LogP contribution in [0.5, 0.6) is 0 Å². The lowest BCUT2D eigenvalue weighted by atomic mass is 10.2. The molecule has 0 saturated carbocycles. The predicted molar refractivity (Wildman–Crippen MR) is 103 cm³/mol. The molecule has 1 N–H and O–H groups in total. The first-order chi connectivity index (χ1) is 12.6. The molecule has 1 heterocycles. The average Bonchev–Trinajstić information content (AvgIpc) is 2.68. The molecule has 26 heavy (non-hydrogen) atoms. The number of hydrogen-bond donors (Lipinski definition) is 1. The summed E-state index contributed by atoms with van der Waals surface area (Å²) in [5.41, 5.74) is 2.35. The predicted octanol–water partition coefficient (Wildman–Crippen LogP) is 3.70. The Hall–Kier alpha value is -2.92. The minimum atomic E-state index is -0.262. The zero-order valence-electron chi connectivity index (χ0n) is 14.4. The van der Waals surface area contributed by atoms with Crippen molar-refractivity contribution in [2.24, 2.45) is 0 Å². The van der Waals surface area contributed by atoms with Gasteiger partial charge >= 0.3 is 0 Å². The number of rotatable bonds is 6. The van der Waals surface area contributed by atoms with Gasteiger partial charge in [0.25, 0.3) is 5.91 Å². The van der Waals surface area contributed by atoms with E-state index in [1.165, 1.54) is 11.9 Å². The minimum absolute atomic E-state index is 0.262. The van der Waals surface area contributed by atoms with Crippen LogP contribution in [0.4, 0.5) is 5.82 Å². The minimum Gasteiger partial charge on any atom is -0.355 e. The molecular formula is C20H19ClN4O. The highest BCUT2D eigenvalue weighted by atomic mass is 35.5. The second kappa shape index (κ2) is 8.45. The van der Waals surface area contributed by atoms with E-state index >= 15 is 0 Å². The summed E-state index contributed by atoms with van der Waals surface area (Å²) in [6, 6.07) is 19.2. The molecule has 0 aliphatic carbocycles. The highest BCUT2D eigenvalue weighted by Crippen LogP contribution is 2.15. The van der Waals surface area contributed by atoms with Gasteiger partial charge in [0.2, 0.25) is 0 Å². The van der Waals surface area contributed by atoms with Crippen LogP contribution in [0.15, 0.2) is 67.0 Å². The Morgan fingerprint density at radius 3 is 2.58 bits per heavy atom. The van der Waals surface area contributed by atoms with Gasteiger partial charge in [0.05, 0.1) is 0 Å². The number of nitrogens with one attached hydrogen (secondary N) is 1. The molecule has 0 radical (unpaired) electrons. The van der Waals surface area contributed by atoms with E-state index in [4.69, 9.17) is 11.6 Å². The smallest absolute Gasteiger partial charge is 0.270 e. The van der Waals surface area contributed by atoms with Crippen LogP contribution >= 0.6 is 11.6 Å². The molecule has 0 spiro atoms. The third kappa shape index (κ3) is 4.58. The van der Waals surface area contributed by atoms with E-state index in [1.807, 2.05) is 48.3 Å². The monoisotopic (exact) mass is 366 g/mol. The van der Waals surface area contributed by atoms with Crippen molar-refractivity contribution in [3.8, 4) is 0 Å². The third-order valence-corrected chi connectivity index (χ3v) is 4.30. The lowest BCUT2D eigenvalue weighted by Gasteiger charge is -2.18. The van der Waals surface area contributed by atoms with Crippen LogP contribution < -0.4 is 10.2 Å².